The number of benzene rings is 1. The summed E-state index contributed by atoms with van der Waals surface area (Å²) in [6.07, 6.45) is 3.61. The lowest BCUT2D eigenvalue weighted by Crippen LogP contribution is -1.92. The molecule has 0 saturated heterocycles. The summed E-state index contributed by atoms with van der Waals surface area (Å²) in [5, 5.41) is 0.673. The summed E-state index contributed by atoms with van der Waals surface area (Å²) in [5.41, 5.74) is 4.18. The molecule has 2 aromatic heterocycles. The van der Waals surface area contributed by atoms with Gasteiger partial charge in [-0.15, -0.1) is 0 Å². The van der Waals surface area contributed by atoms with Gasteiger partial charge in [-0.05, 0) is 43.4 Å². The highest BCUT2D eigenvalue weighted by Gasteiger charge is 2.13. The van der Waals surface area contributed by atoms with Crippen LogP contribution in [-0.2, 0) is 0 Å². The Bertz CT molecular complexity index is 791. The molecule has 0 bridgehead atoms. The molecule has 0 fully saturated rings. The monoisotopic (exact) mass is 301 g/mol. The molecule has 6 heteroatoms. The van der Waals surface area contributed by atoms with Crippen molar-refractivity contribution in [1.29, 1.82) is 0 Å². The summed E-state index contributed by atoms with van der Waals surface area (Å²) < 4.78 is 11.1. The van der Waals surface area contributed by atoms with Gasteiger partial charge in [0.1, 0.15) is 11.3 Å². The Kier molecular flexibility index (Phi) is 3.55. The highest BCUT2D eigenvalue weighted by Crippen LogP contribution is 2.31. The normalized spacial score (nSPS) is 11.0. The summed E-state index contributed by atoms with van der Waals surface area (Å²) in [4.78, 5) is 13.0. The van der Waals surface area contributed by atoms with Crippen molar-refractivity contribution in [3.05, 3.63) is 29.5 Å². The van der Waals surface area contributed by atoms with Crippen LogP contribution >= 0.6 is 11.8 Å². The Hall–Kier alpha value is -2.08. The molecule has 3 aromatic rings. The van der Waals surface area contributed by atoms with Crippen LogP contribution in [0.4, 0.5) is 0 Å². The van der Waals surface area contributed by atoms with Crippen molar-refractivity contribution < 1.29 is 9.15 Å². The fourth-order valence-electron chi connectivity index (χ4n) is 2.34. The van der Waals surface area contributed by atoms with Gasteiger partial charge in [-0.25, -0.2) is 9.97 Å². The number of aryl methyl sites for hydroxylation is 2. The van der Waals surface area contributed by atoms with Crippen LogP contribution in [0.25, 0.3) is 22.7 Å². The van der Waals surface area contributed by atoms with E-state index in [1.165, 1.54) is 11.8 Å². The lowest BCUT2D eigenvalue weighted by molar-refractivity contribution is 0.408. The van der Waals surface area contributed by atoms with Gasteiger partial charge < -0.3 is 9.15 Å². The lowest BCUT2D eigenvalue weighted by atomic mass is 10.1. The predicted octanol–water partition coefficient (Wildman–Crippen LogP) is 3.63. The molecule has 0 unspecified atom stereocenters. The number of oxazole rings is 1. The van der Waals surface area contributed by atoms with E-state index < -0.39 is 0 Å². The van der Waals surface area contributed by atoms with Gasteiger partial charge >= 0.3 is 0 Å². The molecule has 0 saturated carbocycles. The number of fused-ring (bicyclic) bond motifs is 1. The Morgan fingerprint density at radius 1 is 1.14 bits per heavy atom. The van der Waals surface area contributed by atoms with Crippen LogP contribution in [0.15, 0.2) is 27.9 Å². The molecular weight excluding hydrogens is 286 g/mol. The average molecular weight is 301 g/mol. The van der Waals surface area contributed by atoms with Gasteiger partial charge in [0.2, 0.25) is 5.89 Å². The number of nitrogens with zero attached hydrogens (tertiary/aromatic N) is 3. The van der Waals surface area contributed by atoms with Crippen LogP contribution in [-0.4, -0.2) is 28.3 Å². The Morgan fingerprint density at radius 2 is 1.86 bits per heavy atom. The van der Waals surface area contributed by atoms with E-state index in [1.54, 1.807) is 13.3 Å². The van der Waals surface area contributed by atoms with Crippen LogP contribution in [0.3, 0.4) is 0 Å². The number of thioether (sulfide) groups is 1. The lowest BCUT2D eigenvalue weighted by Gasteiger charge is -2.09. The molecule has 0 aliphatic carbocycles. The first-order valence-electron chi connectivity index (χ1n) is 6.45. The zero-order chi connectivity index (χ0) is 15.0. The van der Waals surface area contributed by atoms with E-state index in [4.69, 9.17) is 9.15 Å². The molecule has 1 aromatic carbocycles. The largest absolute Gasteiger partial charge is 0.496 e. The summed E-state index contributed by atoms with van der Waals surface area (Å²) in [6, 6.07) is 4.00. The van der Waals surface area contributed by atoms with Crippen LogP contribution in [0.2, 0.25) is 0 Å². The minimum Gasteiger partial charge on any atom is -0.496 e. The minimum atomic E-state index is 0.510. The molecule has 0 N–H and O–H groups in total. The predicted molar refractivity (Wildman–Crippen MR) is 82.8 cm³/mol. The molecule has 3 rings (SSSR count). The van der Waals surface area contributed by atoms with Gasteiger partial charge in [0, 0.05) is 5.56 Å². The van der Waals surface area contributed by atoms with E-state index in [1.807, 2.05) is 32.2 Å². The first kappa shape index (κ1) is 13.9. The third-order valence-electron chi connectivity index (χ3n) is 3.22. The maximum absolute atomic E-state index is 5.76. The van der Waals surface area contributed by atoms with Crippen LogP contribution in [0.1, 0.15) is 11.1 Å². The molecule has 0 aliphatic rings. The van der Waals surface area contributed by atoms with Gasteiger partial charge in [0.15, 0.2) is 5.16 Å². The summed E-state index contributed by atoms with van der Waals surface area (Å²) in [6.45, 7) is 4.01. The van der Waals surface area contributed by atoms with E-state index in [2.05, 4.69) is 15.0 Å². The fourth-order valence-corrected chi connectivity index (χ4v) is 2.67. The second kappa shape index (κ2) is 5.37. The van der Waals surface area contributed by atoms with Crippen molar-refractivity contribution >= 4 is 23.0 Å². The van der Waals surface area contributed by atoms with Crippen molar-refractivity contribution in [2.24, 2.45) is 0 Å². The van der Waals surface area contributed by atoms with E-state index in [9.17, 15) is 0 Å². The molecular formula is C15H15N3O2S. The Morgan fingerprint density at radius 3 is 2.48 bits per heavy atom. The van der Waals surface area contributed by atoms with E-state index in [-0.39, 0.29) is 0 Å². The first-order valence-corrected chi connectivity index (χ1v) is 7.68. The van der Waals surface area contributed by atoms with E-state index in [0.29, 0.717) is 22.3 Å². The first-order chi connectivity index (χ1) is 10.1. The maximum atomic E-state index is 5.76. The van der Waals surface area contributed by atoms with E-state index in [0.717, 1.165) is 22.4 Å². The Balaban J connectivity index is 2.12. The van der Waals surface area contributed by atoms with Crippen molar-refractivity contribution in [2.75, 3.05) is 13.4 Å². The SMILES string of the molecule is COc1c(C)cc(-c2nc3cnc(SC)nc3o2)cc1C. The van der Waals surface area contributed by atoms with Gasteiger partial charge in [0.25, 0.3) is 5.71 Å². The molecule has 21 heavy (non-hydrogen) atoms. The Labute approximate surface area is 126 Å². The van der Waals surface area contributed by atoms with Crippen molar-refractivity contribution in [3.63, 3.8) is 0 Å². The zero-order valence-electron chi connectivity index (χ0n) is 12.3. The van der Waals surface area contributed by atoms with Crippen LogP contribution in [0.5, 0.6) is 5.75 Å². The smallest absolute Gasteiger partial charge is 0.251 e. The van der Waals surface area contributed by atoms with E-state index >= 15 is 0 Å². The quantitative estimate of drug-likeness (QED) is 0.544. The van der Waals surface area contributed by atoms with Crippen LogP contribution < -0.4 is 4.74 Å². The molecule has 0 aliphatic heterocycles. The van der Waals surface area contributed by atoms with Gasteiger partial charge in [-0.2, -0.15) is 4.98 Å². The average Bonchev–Trinajstić information content (AvgIpc) is 2.89. The second-order valence-corrected chi connectivity index (χ2v) is 5.48. The van der Waals surface area contributed by atoms with Gasteiger partial charge in [0.05, 0.1) is 13.3 Å². The number of hydrogen-bond donors (Lipinski definition) is 0. The zero-order valence-corrected chi connectivity index (χ0v) is 13.1. The standard InChI is InChI=1S/C15H15N3O2S/c1-8-5-10(6-9(2)12(8)19-3)13-17-11-7-16-15(21-4)18-14(11)20-13/h5-7H,1-4H3. The third-order valence-corrected chi connectivity index (χ3v) is 3.78. The number of methoxy groups -OCH3 is 1. The molecule has 0 atom stereocenters. The highest BCUT2D eigenvalue weighted by atomic mass is 32.2. The second-order valence-electron chi connectivity index (χ2n) is 4.71. The van der Waals surface area contributed by atoms with Gasteiger partial charge in [-0.1, -0.05) is 11.8 Å². The fraction of sp³-hybridized carbons (Fsp3) is 0.267. The molecule has 0 amide bonds. The van der Waals surface area contributed by atoms with Crippen molar-refractivity contribution in [3.8, 4) is 17.2 Å². The topological polar surface area (TPSA) is 61.0 Å². The molecule has 0 radical (unpaired) electrons. The number of aromatic nitrogens is 3. The maximum Gasteiger partial charge on any atom is 0.251 e. The number of ether oxygens (including phenoxy) is 1. The van der Waals surface area contributed by atoms with Crippen molar-refractivity contribution in [1.82, 2.24) is 15.0 Å². The summed E-state index contributed by atoms with van der Waals surface area (Å²) in [5.74, 6) is 1.44. The third kappa shape index (κ3) is 2.47. The molecule has 0 spiro atoms. The number of hydrogen-bond acceptors (Lipinski definition) is 6. The molecule has 108 valence electrons. The minimum absolute atomic E-state index is 0.510. The molecule has 2 heterocycles. The number of rotatable bonds is 3. The summed E-state index contributed by atoms with van der Waals surface area (Å²) in [7, 11) is 1.67. The van der Waals surface area contributed by atoms with Gasteiger partial charge in [-0.3, -0.25) is 0 Å². The summed E-state index contributed by atoms with van der Waals surface area (Å²) >= 11 is 1.47. The van der Waals surface area contributed by atoms with Crippen LogP contribution in [0, 0.1) is 13.8 Å². The van der Waals surface area contributed by atoms with Crippen molar-refractivity contribution in [2.45, 2.75) is 19.0 Å². The molecule has 5 nitrogen and oxygen atoms in total. The highest BCUT2D eigenvalue weighted by molar-refractivity contribution is 7.98.